The summed E-state index contributed by atoms with van der Waals surface area (Å²) in [7, 11) is 0. The quantitative estimate of drug-likeness (QED) is 0.683. The first-order chi connectivity index (χ1) is 8.09. The maximum atomic E-state index is 13.1. The largest absolute Gasteiger partial charge is 0.310 e. The first-order valence-electron chi connectivity index (χ1n) is 6.63. The summed E-state index contributed by atoms with van der Waals surface area (Å²) in [6.07, 6.45) is -5.19. The van der Waals surface area contributed by atoms with Crippen molar-refractivity contribution in [3.8, 4) is 0 Å². The molecule has 1 atom stereocenters. The van der Waals surface area contributed by atoms with Crippen molar-refractivity contribution < 1.29 is 12.6 Å². The fourth-order valence-electron chi connectivity index (χ4n) is 1.11. The van der Waals surface area contributed by atoms with Crippen molar-refractivity contribution in [2.45, 2.75) is 18.8 Å². The van der Waals surface area contributed by atoms with E-state index in [4.69, 9.17) is 8.22 Å². The molecule has 1 aromatic carbocycles. The molecule has 0 aliphatic carbocycles. The third kappa shape index (κ3) is 1.48. The van der Waals surface area contributed by atoms with Gasteiger partial charge >= 0.3 is 0 Å². The molecular weight excluding hydrogens is 153 g/mol. The van der Waals surface area contributed by atoms with Crippen molar-refractivity contribution in [3.63, 3.8) is 0 Å². The fourth-order valence-corrected chi connectivity index (χ4v) is 1.11. The van der Waals surface area contributed by atoms with Crippen LogP contribution >= 0.6 is 0 Å². The van der Waals surface area contributed by atoms with E-state index >= 15 is 0 Å². The molecule has 1 N–H and O–H groups in total. The number of benzene rings is 1. The monoisotopic (exact) mass is 171 g/mol. The van der Waals surface area contributed by atoms with E-state index in [2.05, 4.69) is 5.32 Å². The van der Waals surface area contributed by atoms with Gasteiger partial charge in [0.2, 0.25) is 0 Å². The van der Waals surface area contributed by atoms with Gasteiger partial charge in [0.15, 0.2) is 0 Å². The molecule has 1 unspecified atom stereocenters. The zero-order chi connectivity index (χ0) is 13.8. The van der Waals surface area contributed by atoms with Crippen LogP contribution in [0.2, 0.25) is 0 Å². The molecule has 2 heteroatoms. The zero-order valence-corrected chi connectivity index (χ0v) is 6.26. The van der Waals surface area contributed by atoms with Crippen molar-refractivity contribution >= 4 is 0 Å². The Morgan fingerprint density at radius 1 is 1.58 bits per heavy atom. The predicted octanol–water partition coefficient (Wildman–Crippen LogP) is 2.25. The van der Waals surface area contributed by atoms with Gasteiger partial charge in [-0.1, -0.05) is 12.1 Å². The molecule has 64 valence electrons. The SMILES string of the molecule is [2H]C1([2H])NC(c2cccc(F)c2)C([2H])([2H])C1([2H])[2H]. The van der Waals surface area contributed by atoms with Gasteiger partial charge in [-0.3, -0.25) is 0 Å². The van der Waals surface area contributed by atoms with Gasteiger partial charge in [0.05, 0.1) is 0 Å². The Balaban J connectivity index is 2.48. The van der Waals surface area contributed by atoms with Gasteiger partial charge in [0.1, 0.15) is 5.82 Å². The Hall–Kier alpha value is -0.890. The average molecular weight is 171 g/mol. The Morgan fingerprint density at radius 3 is 3.17 bits per heavy atom. The van der Waals surface area contributed by atoms with Gasteiger partial charge in [-0.05, 0) is 36.9 Å². The number of rotatable bonds is 1. The lowest BCUT2D eigenvalue weighted by molar-refractivity contribution is 0.606. The minimum absolute atomic E-state index is 0.185. The molecule has 1 fully saturated rings. The number of nitrogens with one attached hydrogen (secondary N) is 1. The van der Waals surface area contributed by atoms with Crippen LogP contribution < -0.4 is 5.32 Å². The molecule has 0 saturated carbocycles. The summed E-state index contributed by atoms with van der Waals surface area (Å²) in [5, 5.41) is 2.27. The first kappa shape index (κ1) is 3.46. The molecule has 1 nitrogen and oxygen atoms in total. The Morgan fingerprint density at radius 2 is 2.50 bits per heavy atom. The molecule has 1 saturated heterocycles. The van der Waals surface area contributed by atoms with Crippen LogP contribution in [0, 0.1) is 5.82 Å². The van der Waals surface area contributed by atoms with Crippen molar-refractivity contribution in [1.29, 1.82) is 0 Å². The fraction of sp³-hybridized carbons (Fsp3) is 0.400. The molecule has 1 heterocycles. The van der Waals surface area contributed by atoms with Crippen molar-refractivity contribution in [1.82, 2.24) is 5.32 Å². The minimum Gasteiger partial charge on any atom is -0.310 e. The van der Waals surface area contributed by atoms with E-state index in [1.54, 1.807) is 0 Å². The van der Waals surface area contributed by atoms with Gasteiger partial charge in [-0.15, -0.1) is 0 Å². The summed E-state index contributed by atoms with van der Waals surface area (Å²) >= 11 is 0. The van der Waals surface area contributed by atoms with E-state index in [0.29, 0.717) is 0 Å². The Labute approximate surface area is 80.0 Å². The molecule has 0 spiro atoms. The van der Waals surface area contributed by atoms with Crippen LogP contribution in [-0.4, -0.2) is 6.50 Å². The highest BCUT2D eigenvalue weighted by Gasteiger charge is 2.15. The first-order valence-corrected chi connectivity index (χ1v) is 3.63. The van der Waals surface area contributed by atoms with Gasteiger partial charge in [0, 0.05) is 14.3 Å². The lowest BCUT2D eigenvalue weighted by Crippen LogP contribution is -2.12. The van der Waals surface area contributed by atoms with Gasteiger partial charge < -0.3 is 5.32 Å². The summed E-state index contributed by atoms with van der Waals surface area (Å²) in [5.41, 5.74) is 0.185. The highest BCUT2D eigenvalue weighted by atomic mass is 19.1. The molecular formula is C10H12FN. The van der Waals surface area contributed by atoms with Gasteiger partial charge in [-0.25, -0.2) is 4.39 Å². The lowest BCUT2D eigenvalue weighted by atomic mass is 10.1. The molecule has 0 amide bonds. The van der Waals surface area contributed by atoms with Crippen molar-refractivity contribution in [3.05, 3.63) is 35.6 Å². The second-order valence-corrected chi connectivity index (χ2v) is 2.53. The standard InChI is InChI=1S/C10H12FN/c11-9-4-1-3-8(7-9)10-5-2-6-12-10/h1,3-4,7,10,12H,2,5-6H2/i2D2,5D2,6D2. The van der Waals surface area contributed by atoms with Crippen LogP contribution in [0.4, 0.5) is 4.39 Å². The van der Waals surface area contributed by atoms with Crippen LogP contribution in [0.1, 0.15) is 32.6 Å². The average Bonchev–Trinajstić information content (AvgIpc) is 2.36. The van der Waals surface area contributed by atoms with Crippen LogP contribution in [0.25, 0.3) is 0 Å². The van der Waals surface area contributed by atoms with E-state index in [9.17, 15) is 4.39 Å². The third-order valence-electron chi connectivity index (χ3n) is 1.68. The topological polar surface area (TPSA) is 12.0 Å². The highest BCUT2D eigenvalue weighted by Crippen LogP contribution is 2.22. The van der Waals surface area contributed by atoms with E-state index in [-0.39, 0.29) is 5.56 Å². The molecule has 0 bridgehead atoms. The summed E-state index contributed by atoms with van der Waals surface area (Å²) < 4.78 is 58.9. The van der Waals surface area contributed by atoms with Crippen LogP contribution in [0.5, 0.6) is 0 Å². The molecule has 1 aromatic rings. The molecule has 12 heavy (non-hydrogen) atoms. The summed E-state index contributed by atoms with van der Waals surface area (Å²) in [4.78, 5) is 0. The van der Waals surface area contributed by atoms with Gasteiger partial charge in [0.25, 0.3) is 0 Å². The maximum absolute atomic E-state index is 13.1. The second kappa shape index (κ2) is 3.23. The Kier molecular flexibility index (Phi) is 0.933. The van der Waals surface area contributed by atoms with E-state index in [1.807, 2.05) is 0 Å². The highest BCUT2D eigenvalue weighted by molar-refractivity contribution is 5.20. The third-order valence-corrected chi connectivity index (χ3v) is 1.68. The number of hydrogen-bond acceptors (Lipinski definition) is 1. The van der Waals surface area contributed by atoms with Crippen LogP contribution in [0.3, 0.4) is 0 Å². The summed E-state index contributed by atoms with van der Waals surface area (Å²) in [5.74, 6) is -0.571. The van der Waals surface area contributed by atoms with Crippen molar-refractivity contribution in [2.24, 2.45) is 0 Å². The van der Waals surface area contributed by atoms with Crippen LogP contribution in [0.15, 0.2) is 24.3 Å². The number of halogens is 1. The molecule has 2 rings (SSSR count). The Bertz CT molecular complexity index is 475. The van der Waals surface area contributed by atoms with E-state index < -0.39 is 31.1 Å². The number of hydrogen-bond donors (Lipinski definition) is 1. The predicted molar refractivity (Wildman–Crippen MR) is 46.4 cm³/mol. The van der Waals surface area contributed by atoms with E-state index in [1.165, 1.54) is 18.2 Å². The van der Waals surface area contributed by atoms with Crippen LogP contribution in [-0.2, 0) is 0 Å². The normalized spacial score (nSPS) is 42.9. The molecule has 1 aliphatic rings. The lowest BCUT2D eigenvalue weighted by Gasteiger charge is -2.09. The molecule has 0 radical (unpaired) electrons. The molecule has 0 aromatic heterocycles. The van der Waals surface area contributed by atoms with Crippen molar-refractivity contribution in [2.75, 3.05) is 6.50 Å². The smallest absolute Gasteiger partial charge is 0.123 e. The zero-order valence-electron chi connectivity index (χ0n) is 12.3. The summed E-state index contributed by atoms with van der Waals surface area (Å²) in [6, 6.07) is 3.85. The minimum atomic E-state index is -2.71. The van der Waals surface area contributed by atoms with E-state index in [0.717, 1.165) is 6.07 Å². The molecule has 1 aliphatic heterocycles. The maximum Gasteiger partial charge on any atom is 0.123 e. The summed E-state index contributed by atoms with van der Waals surface area (Å²) in [6.45, 7) is -2.52. The second-order valence-electron chi connectivity index (χ2n) is 2.53. The van der Waals surface area contributed by atoms with Gasteiger partial charge in [-0.2, -0.15) is 0 Å².